The molecule has 2 aromatic rings. The third-order valence-corrected chi connectivity index (χ3v) is 8.22. The van der Waals surface area contributed by atoms with Gasteiger partial charge in [-0.1, -0.05) is 67.3 Å². The van der Waals surface area contributed by atoms with Crippen molar-refractivity contribution in [3.8, 4) is 0 Å². The normalized spacial score (nSPS) is 17.1. The molecule has 0 heterocycles. The molecule has 4 rings (SSSR count). The molecule has 2 aromatic carbocycles. The molecule has 0 saturated heterocycles. The number of nitrogens with zero attached hydrogens (tertiary/aromatic N) is 1. The number of allylic oxidation sites excluding steroid dienone is 4. The molecule has 1 atom stereocenters. The maximum atomic E-state index is 13.2. The number of hydrogen-bond acceptors (Lipinski definition) is 1. The van der Waals surface area contributed by atoms with Gasteiger partial charge in [-0.2, -0.15) is 0 Å². The van der Waals surface area contributed by atoms with E-state index in [2.05, 4.69) is 88.0 Å². The van der Waals surface area contributed by atoms with E-state index in [0.29, 0.717) is 6.04 Å². The zero-order valence-electron chi connectivity index (χ0n) is 17.6. The minimum atomic E-state index is -1.89. The second-order valence-electron chi connectivity index (χ2n) is 8.69. The molecule has 0 N–H and O–H groups in total. The van der Waals surface area contributed by atoms with E-state index in [-0.39, 0.29) is 33.2 Å². The molecule has 0 aromatic heterocycles. The van der Waals surface area contributed by atoms with Gasteiger partial charge in [-0.25, -0.2) is 0 Å². The van der Waals surface area contributed by atoms with Crippen LogP contribution in [0.1, 0.15) is 43.0 Å². The van der Waals surface area contributed by atoms with Crippen LogP contribution in [0.3, 0.4) is 0 Å². The molecule has 4 heteroatoms. The summed E-state index contributed by atoms with van der Waals surface area (Å²) < 4.78 is 15.2. The third kappa shape index (κ3) is 3.84. The molecule has 0 saturated carbocycles. The van der Waals surface area contributed by atoms with Crippen LogP contribution in [0.25, 0.3) is 16.7 Å². The van der Waals surface area contributed by atoms with Crippen LogP contribution in [-0.2, 0) is 26.2 Å². The molecule has 0 radical (unpaired) electrons. The van der Waals surface area contributed by atoms with Gasteiger partial charge in [0.25, 0.3) is 0 Å². The summed E-state index contributed by atoms with van der Waals surface area (Å²) in [6, 6.07) is 17.7. The summed E-state index contributed by atoms with van der Waals surface area (Å²) in [4.78, 5) is 0. The van der Waals surface area contributed by atoms with E-state index in [1.807, 2.05) is 11.6 Å². The van der Waals surface area contributed by atoms with Crippen LogP contribution in [0.4, 0.5) is 0 Å². The molecule has 29 heavy (non-hydrogen) atoms. The van der Waals surface area contributed by atoms with Crippen LogP contribution >= 0.6 is 0 Å². The summed E-state index contributed by atoms with van der Waals surface area (Å²) in [6.07, 6.45) is 4.46. The maximum absolute atomic E-state index is 13.2. The van der Waals surface area contributed by atoms with Gasteiger partial charge in [0.05, 0.1) is 0 Å². The van der Waals surface area contributed by atoms with Gasteiger partial charge in [-0.3, -0.25) is 0 Å². The van der Waals surface area contributed by atoms with Crippen molar-refractivity contribution < 1.29 is 26.2 Å². The standard InChI is InChI=1S/C25H27NOSi.Ti/c1-17-19-10-6-8-12-21(19)23-15-14-18(16-28(27)26(5)25(2,3)4)24(23)22-13-9-7-11-20(17)22;/h6-15,18H,1,16H2,2-5H3;. The predicted octanol–water partition coefficient (Wildman–Crippen LogP) is 5.80. The van der Waals surface area contributed by atoms with Gasteiger partial charge in [0.2, 0.25) is 0 Å². The van der Waals surface area contributed by atoms with E-state index in [9.17, 15) is 4.46 Å². The smallest absolute Gasteiger partial charge is 0.375 e. The first-order valence-corrected chi connectivity index (χ1v) is 11.4. The van der Waals surface area contributed by atoms with Gasteiger partial charge in [0.15, 0.2) is 0 Å². The van der Waals surface area contributed by atoms with Crippen molar-refractivity contribution in [3.63, 3.8) is 0 Å². The first-order chi connectivity index (χ1) is 13.3. The van der Waals surface area contributed by atoms with E-state index in [0.717, 1.165) is 5.57 Å². The van der Waals surface area contributed by atoms with E-state index in [1.54, 1.807) is 0 Å². The Hall–Kier alpha value is -1.81. The summed E-state index contributed by atoms with van der Waals surface area (Å²) >= 11 is 0. The fraction of sp³-hybridized carbons (Fsp3) is 0.280. The second kappa shape index (κ2) is 8.14. The van der Waals surface area contributed by atoms with Crippen molar-refractivity contribution in [1.82, 2.24) is 4.57 Å². The average molecular weight is 433 g/mol. The van der Waals surface area contributed by atoms with E-state index in [1.165, 1.54) is 33.4 Å². The van der Waals surface area contributed by atoms with Crippen LogP contribution in [0, 0.1) is 5.92 Å². The SMILES string of the molecule is C=C1c2ccccc2C2=C(c3ccccc31)C(C[Si](=O)N(C)C(C)(C)C)C=C2.[Ti]. The summed E-state index contributed by atoms with van der Waals surface area (Å²) in [6.45, 7) is 10.8. The molecule has 1 unspecified atom stereocenters. The van der Waals surface area contributed by atoms with E-state index < -0.39 is 8.84 Å². The average Bonchev–Trinajstić information content (AvgIpc) is 3.04. The fourth-order valence-corrected chi connectivity index (χ4v) is 5.89. The zero-order valence-corrected chi connectivity index (χ0v) is 20.2. The number of benzene rings is 2. The molecule has 0 spiro atoms. The third-order valence-electron chi connectivity index (χ3n) is 6.02. The molecular formula is C25H27NOSiTi. The Morgan fingerprint density at radius 1 is 0.966 bits per heavy atom. The van der Waals surface area contributed by atoms with E-state index in [4.69, 9.17) is 0 Å². The summed E-state index contributed by atoms with van der Waals surface area (Å²) in [7, 11) is 0.0943. The van der Waals surface area contributed by atoms with Gasteiger partial charge in [-0.05, 0) is 59.7 Å². The Morgan fingerprint density at radius 3 is 2.07 bits per heavy atom. The molecular weight excluding hydrogens is 406 g/mol. The van der Waals surface area contributed by atoms with Crippen LogP contribution in [-0.4, -0.2) is 26.0 Å². The van der Waals surface area contributed by atoms with Gasteiger partial charge >= 0.3 is 8.84 Å². The first kappa shape index (κ1) is 21.9. The van der Waals surface area contributed by atoms with Crippen LogP contribution in [0.15, 0.2) is 67.3 Å². The maximum Gasteiger partial charge on any atom is 0.395 e. The Morgan fingerprint density at radius 2 is 1.48 bits per heavy atom. The largest absolute Gasteiger partial charge is 0.395 e. The van der Waals surface area contributed by atoms with Crippen molar-refractivity contribution in [3.05, 3.63) is 89.5 Å². The van der Waals surface area contributed by atoms with Crippen molar-refractivity contribution in [1.29, 1.82) is 0 Å². The molecule has 2 nitrogen and oxygen atoms in total. The molecule has 146 valence electrons. The quantitative estimate of drug-likeness (QED) is 0.570. The zero-order chi connectivity index (χ0) is 20.1. The first-order valence-electron chi connectivity index (χ1n) is 9.86. The molecule has 0 fully saturated rings. The number of hydrogen-bond donors (Lipinski definition) is 0. The van der Waals surface area contributed by atoms with Crippen LogP contribution in [0.2, 0.25) is 6.04 Å². The van der Waals surface area contributed by atoms with Crippen LogP contribution < -0.4 is 0 Å². The van der Waals surface area contributed by atoms with Gasteiger partial charge in [-0.15, -0.1) is 0 Å². The number of rotatable bonds is 3. The van der Waals surface area contributed by atoms with Gasteiger partial charge in [0.1, 0.15) is 0 Å². The van der Waals surface area contributed by atoms with Gasteiger partial charge in [0, 0.05) is 46.3 Å². The Balaban J connectivity index is 0.00000240. The van der Waals surface area contributed by atoms with Crippen molar-refractivity contribution in [2.24, 2.45) is 5.92 Å². The Labute approximate surface area is 190 Å². The molecule has 0 amide bonds. The number of fused-ring (bicyclic) bond motifs is 4. The minimum absolute atomic E-state index is 0. The minimum Gasteiger partial charge on any atom is -0.375 e. The predicted molar refractivity (Wildman–Crippen MR) is 119 cm³/mol. The van der Waals surface area contributed by atoms with E-state index >= 15 is 0 Å². The molecule has 0 bridgehead atoms. The Bertz CT molecular complexity index is 1040. The summed E-state index contributed by atoms with van der Waals surface area (Å²) in [5.41, 5.74) is 8.32. The fourth-order valence-electron chi connectivity index (χ4n) is 4.15. The van der Waals surface area contributed by atoms with Crippen molar-refractivity contribution >= 4 is 25.6 Å². The summed E-state index contributed by atoms with van der Waals surface area (Å²) in [5, 5.41) is 0. The molecule has 0 aliphatic heterocycles. The van der Waals surface area contributed by atoms with Crippen LogP contribution in [0.5, 0.6) is 0 Å². The summed E-state index contributed by atoms with van der Waals surface area (Å²) in [5.74, 6) is 0.159. The molecule has 2 aliphatic rings. The van der Waals surface area contributed by atoms with Crippen molar-refractivity contribution in [2.75, 3.05) is 7.05 Å². The topological polar surface area (TPSA) is 20.3 Å². The van der Waals surface area contributed by atoms with Gasteiger partial charge < -0.3 is 9.03 Å². The van der Waals surface area contributed by atoms with Crippen molar-refractivity contribution in [2.45, 2.75) is 32.4 Å². The monoisotopic (exact) mass is 433 g/mol. The Kier molecular flexibility index (Phi) is 6.14. The molecule has 2 aliphatic carbocycles. The second-order valence-corrected chi connectivity index (χ2v) is 10.6.